The molecule has 2 aromatic heterocycles. The number of aromatic nitrogens is 5. The predicted molar refractivity (Wildman–Crippen MR) is 123 cm³/mol. The lowest BCUT2D eigenvalue weighted by Gasteiger charge is -2.36. The summed E-state index contributed by atoms with van der Waals surface area (Å²) in [7, 11) is 0. The predicted octanol–water partition coefficient (Wildman–Crippen LogP) is 3.13. The minimum Gasteiger partial charge on any atom is -0.376 e. The van der Waals surface area contributed by atoms with Crippen molar-refractivity contribution < 1.29 is 4.74 Å². The minimum atomic E-state index is -0.285. The number of H-pyrrole nitrogens is 1. The van der Waals surface area contributed by atoms with Crippen LogP contribution in [0.2, 0.25) is 0 Å². The van der Waals surface area contributed by atoms with Crippen molar-refractivity contribution in [1.29, 1.82) is 0 Å². The molecular weight excluding hydrogens is 404 g/mol. The summed E-state index contributed by atoms with van der Waals surface area (Å²) >= 11 is 0. The van der Waals surface area contributed by atoms with E-state index in [0.717, 1.165) is 73.2 Å². The minimum absolute atomic E-state index is 0.0681. The molecule has 0 spiro atoms. The van der Waals surface area contributed by atoms with E-state index in [1.807, 2.05) is 11.6 Å². The molecule has 8 heteroatoms. The number of benzene rings is 1. The van der Waals surface area contributed by atoms with Crippen LogP contribution in [0.5, 0.6) is 0 Å². The second-order valence-corrected chi connectivity index (χ2v) is 9.52. The zero-order valence-corrected chi connectivity index (χ0v) is 19.2. The third kappa shape index (κ3) is 3.97. The molecule has 2 aliphatic heterocycles. The Labute approximate surface area is 188 Å². The zero-order chi connectivity index (χ0) is 22.2. The van der Waals surface area contributed by atoms with Crippen LogP contribution in [0.3, 0.4) is 0 Å². The first-order chi connectivity index (χ1) is 15.5. The largest absolute Gasteiger partial charge is 0.376 e. The van der Waals surface area contributed by atoms with Crippen LogP contribution in [0.15, 0.2) is 23.0 Å². The Kier molecular flexibility index (Phi) is 5.82. The normalized spacial score (nSPS) is 21.4. The van der Waals surface area contributed by atoms with Crippen LogP contribution in [0, 0.1) is 19.8 Å². The van der Waals surface area contributed by atoms with E-state index in [0.29, 0.717) is 18.0 Å². The van der Waals surface area contributed by atoms with E-state index in [4.69, 9.17) is 4.74 Å². The van der Waals surface area contributed by atoms with Crippen molar-refractivity contribution in [1.82, 2.24) is 30.1 Å². The van der Waals surface area contributed by atoms with Gasteiger partial charge in [-0.2, -0.15) is 0 Å². The van der Waals surface area contributed by atoms with Gasteiger partial charge in [0.05, 0.1) is 18.2 Å². The molecule has 1 aromatic carbocycles. The number of hydrogen-bond acceptors (Lipinski definition) is 6. The van der Waals surface area contributed by atoms with E-state index < -0.39 is 0 Å². The Morgan fingerprint density at radius 3 is 2.72 bits per heavy atom. The summed E-state index contributed by atoms with van der Waals surface area (Å²) in [6.45, 7) is 9.66. The molecule has 0 saturated carbocycles. The van der Waals surface area contributed by atoms with Crippen molar-refractivity contribution in [2.24, 2.45) is 5.92 Å². The first-order valence-electron chi connectivity index (χ1n) is 11.8. The fourth-order valence-electron chi connectivity index (χ4n) is 5.10. The average Bonchev–Trinajstić information content (AvgIpc) is 3.46. The van der Waals surface area contributed by atoms with E-state index in [1.165, 1.54) is 0 Å². The van der Waals surface area contributed by atoms with Gasteiger partial charge in [-0.25, -0.2) is 4.68 Å². The lowest BCUT2D eigenvalue weighted by Crippen LogP contribution is -2.40. The van der Waals surface area contributed by atoms with Crippen molar-refractivity contribution >= 4 is 10.9 Å². The van der Waals surface area contributed by atoms with Gasteiger partial charge in [-0.15, -0.1) is 5.10 Å². The van der Waals surface area contributed by atoms with Gasteiger partial charge in [-0.1, -0.05) is 19.1 Å². The molecule has 5 rings (SSSR count). The van der Waals surface area contributed by atoms with Gasteiger partial charge in [-0.3, -0.25) is 9.69 Å². The van der Waals surface area contributed by atoms with Gasteiger partial charge in [0, 0.05) is 17.6 Å². The number of hydrogen-bond donors (Lipinski definition) is 1. The lowest BCUT2D eigenvalue weighted by atomic mass is 9.94. The Morgan fingerprint density at radius 1 is 1.19 bits per heavy atom. The Balaban J connectivity index is 1.62. The molecular formula is C24H32N6O2. The third-order valence-electron chi connectivity index (χ3n) is 7.16. The van der Waals surface area contributed by atoms with E-state index in [1.54, 1.807) is 0 Å². The number of likely N-dealkylation sites (tertiary alicyclic amines) is 1. The summed E-state index contributed by atoms with van der Waals surface area (Å²) in [6.07, 6.45) is 4.42. The van der Waals surface area contributed by atoms with Crippen LogP contribution in [0.1, 0.15) is 61.2 Å². The van der Waals surface area contributed by atoms with E-state index in [9.17, 15) is 4.79 Å². The molecule has 170 valence electrons. The highest BCUT2D eigenvalue weighted by atomic mass is 16.5. The molecule has 2 aliphatic rings. The molecule has 3 aromatic rings. The number of tetrazole rings is 1. The molecule has 0 unspecified atom stereocenters. The quantitative estimate of drug-likeness (QED) is 0.661. The Bertz CT molecular complexity index is 1150. The summed E-state index contributed by atoms with van der Waals surface area (Å²) < 4.78 is 7.69. The third-order valence-corrected chi connectivity index (χ3v) is 7.16. The van der Waals surface area contributed by atoms with Gasteiger partial charge in [0.15, 0.2) is 5.82 Å². The molecule has 2 fully saturated rings. The molecule has 1 N–H and O–H groups in total. The first kappa shape index (κ1) is 21.3. The van der Waals surface area contributed by atoms with Crippen molar-refractivity contribution in [3.63, 3.8) is 0 Å². The number of piperidine rings is 1. The molecule has 0 amide bonds. The van der Waals surface area contributed by atoms with Gasteiger partial charge in [0.2, 0.25) is 0 Å². The summed E-state index contributed by atoms with van der Waals surface area (Å²) in [5.74, 6) is 1.42. The van der Waals surface area contributed by atoms with Crippen LogP contribution in [0.25, 0.3) is 10.9 Å². The lowest BCUT2D eigenvalue weighted by molar-refractivity contribution is 0.0894. The van der Waals surface area contributed by atoms with Crippen molar-refractivity contribution in [2.75, 3.05) is 19.7 Å². The standard InChI is InChI=1S/C24H32N6O2/c1-15-8-10-29(11-9-15)22(23-26-27-28-30(23)14-18-5-4-12-32-18)20-13-19-16(2)6-7-17(3)21(19)25-24(20)31/h6-7,13,15,18,22H,4-5,8-12,14H2,1-3H3,(H,25,31)/t18-,22+/m0/s1. The summed E-state index contributed by atoms with van der Waals surface area (Å²) in [6, 6.07) is 5.94. The van der Waals surface area contributed by atoms with Crippen LogP contribution in [0.4, 0.5) is 0 Å². The fourth-order valence-corrected chi connectivity index (χ4v) is 5.10. The highest BCUT2D eigenvalue weighted by Crippen LogP contribution is 2.32. The molecule has 32 heavy (non-hydrogen) atoms. The number of pyridine rings is 1. The van der Waals surface area contributed by atoms with Crippen molar-refractivity contribution in [2.45, 2.75) is 65.1 Å². The number of aryl methyl sites for hydroxylation is 2. The van der Waals surface area contributed by atoms with E-state index >= 15 is 0 Å². The zero-order valence-electron chi connectivity index (χ0n) is 19.2. The Hall–Kier alpha value is -2.58. The van der Waals surface area contributed by atoms with Crippen molar-refractivity contribution in [3.8, 4) is 0 Å². The number of ether oxygens (including phenoxy) is 1. The highest BCUT2D eigenvalue weighted by molar-refractivity contribution is 5.85. The second-order valence-electron chi connectivity index (χ2n) is 9.52. The van der Waals surface area contributed by atoms with Crippen LogP contribution in [-0.4, -0.2) is 55.9 Å². The molecule has 0 bridgehead atoms. The van der Waals surface area contributed by atoms with E-state index in [-0.39, 0.29) is 17.7 Å². The molecule has 2 saturated heterocycles. The van der Waals surface area contributed by atoms with Gasteiger partial charge in [-0.05, 0) is 86.2 Å². The fraction of sp³-hybridized carbons (Fsp3) is 0.583. The van der Waals surface area contributed by atoms with Gasteiger partial charge in [0.25, 0.3) is 5.56 Å². The monoisotopic (exact) mass is 436 g/mol. The van der Waals surface area contributed by atoms with E-state index in [2.05, 4.69) is 57.5 Å². The number of rotatable bonds is 5. The van der Waals surface area contributed by atoms with Gasteiger partial charge >= 0.3 is 0 Å². The number of aromatic amines is 1. The number of fused-ring (bicyclic) bond motifs is 1. The van der Waals surface area contributed by atoms with Crippen LogP contribution in [-0.2, 0) is 11.3 Å². The van der Waals surface area contributed by atoms with Gasteiger partial charge < -0.3 is 9.72 Å². The summed E-state index contributed by atoms with van der Waals surface area (Å²) in [5, 5.41) is 13.8. The Morgan fingerprint density at radius 2 is 1.97 bits per heavy atom. The number of nitrogens with one attached hydrogen (secondary N) is 1. The maximum Gasteiger partial charge on any atom is 0.253 e. The molecule has 0 aliphatic carbocycles. The van der Waals surface area contributed by atoms with Gasteiger partial charge in [0.1, 0.15) is 6.04 Å². The summed E-state index contributed by atoms with van der Waals surface area (Å²) in [5.41, 5.74) is 3.77. The molecule has 0 radical (unpaired) electrons. The first-order valence-corrected chi connectivity index (χ1v) is 11.8. The van der Waals surface area contributed by atoms with Crippen LogP contribution < -0.4 is 5.56 Å². The average molecular weight is 437 g/mol. The number of nitrogens with zero attached hydrogens (tertiary/aromatic N) is 5. The van der Waals surface area contributed by atoms with Crippen LogP contribution >= 0.6 is 0 Å². The smallest absolute Gasteiger partial charge is 0.253 e. The topological polar surface area (TPSA) is 88.9 Å². The second kappa shape index (κ2) is 8.75. The molecule has 8 nitrogen and oxygen atoms in total. The maximum atomic E-state index is 13.4. The molecule has 4 heterocycles. The maximum absolute atomic E-state index is 13.4. The SMILES string of the molecule is Cc1ccc(C)c2[nH]c(=O)c([C@H](c3nnnn3C[C@@H]3CCCO3)N3CCC(C)CC3)cc12. The summed E-state index contributed by atoms with van der Waals surface area (Å²) in [4.78, 5) is 19.0. The van der Waals surface area contributed by atoms with Crippen molar-refractivity contribution in [3.05, 3.63) is 51.1 Å². The highest BCUT2D eigenvalue weighted by Gasteiger charge is 2.33. The molecule has 2 atom stereocenters.